The molecule has 2 rings (SSSR count). The summed E-state index contributed by atoms with van der Waals surface area (Å²) in [6, 6.07) is 0. The first kappa shape index (κ1) is 11.2. The maximum Gasteiger partial charge on any atom is 0.267 e. The van der Waals surface area contributed by atoms with Crippen LogP contribution in [0.3, 0.4) is 0 Å². The molecular formula is C8H8BrN5OS. The van der Waals surface area contributed by atoms with Crippen LogP contribution in [0.25, 0.3) is 0 Å². The summed E-state index contributed by atoms with van der Waals surface area (Å²) < 4.78 is 5.73. The number of aromatic nitrogens is 4. The third kappa shape index (κ3) is 2.12. The van der Waals surface area contributed by atoms with Gasteiger partial charge in [-0.15, -0.1) is 5.10 Å². The highest BCUT2D eigenvalue weighted by atomic mass is 79.9. The van der Waals surface area contributed by atoms with Crippen LogP contribution in [0.5, 0.6) is 0 Å². The van der Waals surface area contributed by atoms with Crippen molar-refractivity contribution < 1.29 is 0 Å². The summed E-state index contributed by atoms with van der Waals surface area (Å²) in [6.07, 6.45) is 2.95. The monoisotopic (exact) mass is 301 g/mol. The van der Waals surface area contributed by atoms with Gasteiger partial charge in [0.05, 0.1) is 12.9 Å². The fourth-order valence-electron chi connectivity index (χ4n) is 1.20. The summed E-state index contributed by atoms with van der Waals surface area (Å²) >= 11 is 4.40. The number of anilines is 1. The summed E-state index contributed by atoms with van der Waals surface area (Å²) in [5.74, 6) is 0. The van der Waals surface area contributed by atoms with E-state index in [1.165, 1.54) is 28.6 Å². The van der Waals surface area contributed by atoms with Crippen molar-refractivity contribution in [2.45, 2.75) is 6.54 Å². The minimum Gasteiger partial charge on any atom is -0.377 e. The van der Waals surface area contributed by atoms with E-state index in [9.17, 15) is 4.79 Å². The number of nitrogens with zero attached hydrogens (tertiary/aromatic N) is 4. The van der Waals surface area contributed by atoms with Gasteiger partial charge in [-0.3, -0.25) is 9.36 Å². The Morgan fingerprint density at radius 3 is 3.19 bits per heavy atom. The van der Waals surface area contributed by atoms with Crippen LogP contribution in [0.2, 0.25) is 0 Å². The van der Waals surface area contributed by atoms with Gasteiger partial charge in [0.15, 0.2) is 0 Å². The molecule has 0 aliphatic carbocycles. The zero-order chi connectivity index (χ0) is 11.5. The second-order valence-electron chi connectivity index (χ2n) is 2.97. The summed E-state index contributed by atoms with van der Waals surface area (Å²) in [5, 5.41) is 7.79. The van der Waals surface area contributed by atoms with Crippen LogP contribution in [0.15, 0.2) is 21.8 Å². The van der Waals surface area contributed by atoms with Gasteiger partial charge in [-0.25, -0.2) is 4.98 Å². The minimum absolute atomic E-state index is 0.134. The van der Waals surface area contributed by atoms with E-state index in [4.69, 9.17) is 0 Å². The van der Waals surface area contributed by atoms with Gasteiger partial charge in [-0.1, -0.05) is 4.49 Å². The molecule has 0 saturated heterocycles. The Hall–Kier alpha value is -1.28. The van der Waals surface area contributed by atoms with E-state index in [-0.39, 0.29) is 5.56 Å². The lowest BCUT2D eigenvalue weighted by molar-refractivity contribution is 0.712. The van der Waals surface area contributed by atoms with Crippen LogP contribution in [0.1, 0.15) is 5.69 Å². The Morgan fingerprint density at radius 2 is 2.44 bits per heavy atom. The Bertz CT molecular complexity index is 551. The number of halogens is 1. The Labute approximate surface area is 104 Å². The van der Waals surface area contributed by atoms with Crippen LogP contribution in [-0.2, 0) is 6.54 Å². The van der Waals surface area contributed by atoms with E-state index >= 15 is 0 Å². The van der Waals surface area contributed by atoms with Gasteiger partial charge >= 0.3 is 0 Å². The highest BCUT2D eigenvalue weighted by Crippen LogP contribution is 2.16. The van der Waals surface area contributed by atoms with Gasteiger partial charge in [0, 0.05) is 24.8 Å². The first-order valence-corrected chi connectivity index (χ1v) is 5.98. The average Bonchev–Trinajstić information content (AvgIpc) is 2.72. The molecule has 0 amide bonds. The number of hydrogen-bond acceptors (Lipinski definition) is 6. The molecule has 1 N–H and O–H groups in total. The molecule has 6 nitrogen and oxygen atoms in total. The second kappa shape index (κ2) is 4.71. The first-order valence-electron chi connectivity index (χ1n) is 4.41. The van der Waals surface area contributed by atoms with Gasteiger partial charge in [0.2, 0.25) is 0 Å². The smallest absolute Gasteiger partial charge is 0.267 e. The van der Waals surface area contributed by atoms with Crippen molar-refractivity contribution in [1.82, 2.24) is 19.1 Å². The maximum atomic E-state index is 11.7. The van der Waals surface area contributed by atoms with E-state index in [1.54, 1.807) is 7.05 Å². The molecule has 0 bridgehead atoms. The van der Waals surface area contributed by atoms with Gasteiger partial charge in [-0.05, 0) is 15.9 Å². The molecule has 0 spiro atoms. The lowest BCUT2D eigenvalue weighted by Gasteiger charge is -2.03. The van der Waals surface area contributed by atoms with Crippen molar-refractivity contribution in [3.05, 3.63) is 33.0 Å². The van der Waals surface area contributed by atoms with Crippen molar-refractivity contribution in [3.8, 4) is 0 Å². The lowest BCUT2D eigenvalue weighted by Crippen LogP contribution is -2.21. The van der Waals surface area contributed by atoms with E-state index in [2.05, 4.69) is 35.8 Å². The van der Waals surface area contributed by atoms with E-state index in [0.717, 1.165) is 10.7 Å². The molecule has 0 aromatic carbocycles. The normalized spacial score (nSPS) is 10.4. The topological polar surface area (TPSA) is 72.7 Å². The SMILES string of the molecule is CNc1snnc1Cn1cncc(Br)c1=O. The average molecular weight is 302 g/mol. The minimum atomic E-state index is -0.134. The molecule has 0 radical (unpaired) electrons. The number of rotatable bonds is 3. The van der Waals surface area contributed by atoms with Gasteiger partial charge in [0.25, 0.3) is 5.56 Å². The quantitative estimate of drug-likeness (QED) is 0.914. The summed E-state index contributed by atoms with van der Waals surface area (Å²) in [5.41, 5.74) is 0.597. The lowest BCUT2D eigenvalue weighted by atomic mass is 10.4. The summed E-state index contributed by atoms with van der Waals surface area (Å²) in [4.78, 5) is 15.6. The largest absolute Gasteiger partial charge is 0.377 e. The van der Waals surface area contributed by atoms with Gasteiger partial charge < -0.3 is 5.32 Å². The molecule has 0 aliphatic rings. The van der Waals surface area contributed by atoms with Gasteiger partial charge in [-0.2, -0.15) is 0 Å². The second-order valence-corrected chi connectivity index (χ2v) is 4.58. The molecule has 84 valence electrons. The molecule has 2 aromatic rings. The maximum absolute atomic E-state index is 11.7. The molecule has 0 unspecified atom stereocenters. The van der Waals surface area contributed by atoms with Crippen LogP contribution >= 0.6 is 27.5 Å². The van der Waals surface area contributed by atoms with Crippen LogP contribution in [-0.4, -0.2) is 26.2 Å². The molecule has 16 heavy (non-hydrogen) atoms. The fourth-order valence-corrected chi connectivity index (χ4v) is 2.07. The van der Waals surface area contributed by atoms with E-state index < -0.39 is 0 Å². The molecule has 2 aromatic heterocycles. The van der Waals surface area contributed by atoms with Crippen molar-refractivity contribution in [2.24, 2.45) is 0 Å². The van der Waals surface area contributed by atoms with Crippen LogP contribution in [0.4, 0.5) is 5.00 Å². The number of nitrogens with one attached hydrogen (secondary N) is 1. The molecular weight excluding hydrogens is 294 g/mol. The molecule has 0 aliphatic heterocycles. The Kier molecular flexibility index (Phi) is 3.30. The fraction of sp³-hybridized carbons (Fsp3) is 0.250. The third-order valence-corrected chi connectivity index (χ3v) is 3.29. The standard InChI is InChI=1S/C8H8BrN5OS/c1-10-7-6(12-13-16-7)3-14-4-11-2-5(9)8(14)15/h2,4,10H,3H2,1H3. The van der Waals surface area contributed by atoms with Gasteiger partial charge in [0.1, 0.15) is 15.2 Å². The predicted molar refractivity (Wildman–Crippen MR) is 64.8 cm³/mol. The van der Waals surface area contributed by atoms with Crippen molar-refractivity contribution >= 4 is 32.5 Å². The Balaban J connectivity index is 2.34. The zero-order valence-electron chi connectivity index (χ0n) is 8.35. The molecule has 8 heteroatoms. The molecule has 0 atom stereocenters. The van der Waals surface area contributed by atoms with Crippen molar-refractivity contribution in [3.63, 3.8) is 0 Å². The van der Waals surface area contributed by atoms with Crippen molar-refractivity contribution in [1.29, 1.82) is 0 Å². The van der Waals surface area contributed by atoms with E-state index in [1.807, 2.05) is 0 Å². The molecule has 0 fully saturated rings. The summed E-state index contributed by atoms with van der Waals surface area (Å²) in [6.45, 7) is 0.359. The van der Waals surface area contributed by atoms with Crippen molar-refractivity contribution in [2.75, 3.05) is 12.4 Å². The zero-order valence-corrected chi connectivity index (χ0v) is 10.7. The predicted octanol–water partition coefficient (Wildman–Crippen LogP) is 0.947. The summed E-state index contributed by atoms with van der Waals surface area (Å²) in [7, 11) is 1.79. The Morgan fingerprint density at radius 1 is 1.62 bits per heavy atom. The highest BCUT2D eigenvalue weighted by molar-refractivity contribution is 9.10. The molecule has 2 heterocycles. The van der Waals surface area contributed by atoms with Crippen LogP contribution in [0, 0.1) is 0 Å². The number of hydrogen-bond donors (Lipinski definition) is 1. The van der Waals surface area contributed by atoms with Crippen LogP contribution < -0.4 is 10.9 Å². The first-order chi connectivity index (χ1) is 7.72. The third-order valence-electron chi connectivity index (χ3n) is 1.96. The highest BCUT2D eigenvalue weighted by Gasteiger charge is 2.08. The molecule has 0 saturated carbocycles. The van der Waals surface area contributed by atoms with E-state index in [0.29, 0.717) is 11.0 Å².